The summed E-state index contributed by atoms with van der Waals surface area (Å²) in [5, 5.41) is 0. The van der Waals surface area contributed by atoms with Crippen molar-refractivity contribution in [2.45, 2.75) is 50.6 Å². The van der Waals surface area contributed by atoms with Gasteiger partial charge < -0.3 is 14.2 Å². The van der Waals surface area contributed by atoms with Gasteiger partial charge in [0, 0.05) is 6.07 Å². The Labute approximate surface area is 215 Å². The van der Waals surface area contributed by atoms with E-state index in [1.807, 2.05) is 91.0 Å². The summed E-state index contributed by atoms with van der Waals surface area (Å²) in [6, 6.07) is 31.8. The second kappa shape index (κ2) is 11.5. The fraction of sp³-hybridized carbons (Fsp3) is 0.258. The number of ether oxygens (including phenoxy) is 3. The molecule has 1 heterocycles. The summed E-state index contributed by atoms with van der Waals surface area (Å²) in [5.41, 5.74) is 2.53. The molecule has 6 heteroatoms. The lowest BCUT2D eigenvalue weighted by Gasteiger charge is -2.36. The van der Waals surface area contributed by atoms with Gasteiger partial charge in [0.25, 0.3) is 0 Å². The lowest BCUT2D eigenvalue weighted by molar-refractivity contribution is -0.0524. The van der Waals surface area contributed by atoms with Crippen LogP contribution in [-0.2, 0) is 16.9 Å². The zero-order chi connectivity index (χ0) is 25.5. The van der Waals surface area contributed by atoms with E-state index in [-0.39, 0.29) is 24.2 Å². The normalized spacial score (nSPS) is 14.1. The molecule has 5 rings (SSSR count). The average Bonchev–Trinajstić information content (AvgIpc) is 3.45. The number of halogens is 2. The van der Waals surface area contributed by atoms with Crippen LogP contribution in [0.5, 0.6) is 11.5 Å². The van der Waals surface area contributed by atoms with Crippen LogP contribution in [0.25, 0.3) is 0 Å². The molecule has 4 aromatic rings. The van der Waals surface area contributed by atoms with Crippen molar-refractivity contribution in [1.29, 1.82) is 0 Å². The van der Waals surface area contributed by atoms with Crippen molar-refractivity contribution < 1.29 is 23.0 Å². The Morgan fingerprint density at radius 2 is 1.27 bits per heavy atom. The predicted molar refractivity (Wildman–Crippen MR) is 138 cm³/mol. The van der Waals surface area contributed by atoms with Gasteiger partial charge in [0.2, 0.25) is 0 Å². The van der Waals surface area contributed by atoms with Crippen LogP contribution in [0.1, 0.15) is 48.1 Å². The van der Waals surface area contributed by atoms with Gasteiger partial charge in [0.05, 0.1) is 24.6 Å². The second-order valence-electron chi connectivity index (χ2n) is 9.09. The van der Waals surface area contributed by atoms with E-state index >= 15 is 0 Å². The standard InChI is InChI=1S/C31H29F2NO3/c32-30(33)37-29-21-34-26(20-28(29)36-27-18-10-11-19-27)22-35-31(23-12-4-1-5-13-23,24-14-6-2-7-15-24)25-16-8-3-9-17-25/h1-9,12-17,20-21,27,30H,10-11,18-19,22H2. The molecule has 0 radical (unpaired) electrons. The van der Waals surface area contributed by atoms with E-state index in [1.54, 1.807) is 6.07 Å². The molecule has 3 aromatic carbocycles. The zero-order valence-electron chi connectivity index (χ0n) is 20.4. The third kappa shape index (κ3) is 5.65. The molecule has 37 heavy (non-hydrogen) atoms. The van der Waals surface area contributed by atoms with Crippen LogP contribution in [0.4, 0.5) is 8.78 Å². The number of aromatic nitrogens is 1. The molecule has 190 valence electrons. The zero-order valence-corrected chi connectivity index (χ0v) is 20.4. The molecule has 0 amide bonds. The maximum Gasteiger partial charge on any atom is 0.387 e. The van der Waals surface area contributed by atoms with Crippen molar-refractivity contribution in [2.75, 3.05) is 0 Å². The fourth-order valence-electron chi connectivity index (χ4n) is 4.96. The van der Waals surface area contributed by atoms with Crippen LogP contribution in [0.15, 0.2) is 103 Å². The SMILES string of the molecule is FC(F)Oc1cnc(COC(c2ccccc2)(c2ccccc2)c2ccccc2)cc1OC1CCCC1. The summed E-state index contributed by atoms with van der Waals surface area (Å²) in [4.78, 5) is 4.39. The number of alkyl halides is 2. The number of hydrogen-bond donors (Lipinski definition) is 0. The third-order valence-corrected chi connectivity index (χ3v) is 6.68. The number of rotatable bonds is 10. The molecule has 0 saturated heterocycles. The van der Waals surface area contributed by atoms with Crippen LogP contribution < -0.4 is 9.47 Å². The van der Waals surface area contributed by atoms with E-state index in [0.717, 1.165) is 42.4 Å². The van der Waals surface area contributed by atoms with Crippen LogP contribution in [0.3, 0.4) is 0 Å². The summed E-state index contributed by atoms with van der Waals surface area (Å²) in [6.07, 6.45) is 5.18. The van der Waals surface area contributed by atoms with Crippen LogP contribution in [-0.4, -0.2) is 17.7 Å². The van der Waals surface area contributed by atoms with Gasteiger partial charge in [-0.1, -0.05) is 91.0 Å². The first-order valence-corrected chi connectivity index (χ1v) is 12.6. The Morgan fingerprint density at radius 1 is 0.757 bits per heavy atom. The third-order valence-electron chi connectivity index (χ3n) is 6.68. The number of pyridine rings is 1. The minimum Gasteiger partial charge on any atom is -0.486 e. The molecule has 1 fully saturated rings. The molecule has 1 aliphatic carbocycles. The molecule has 0 N–H and O–H groups in total. The Morgan fingerprint density at radius 3 is 1.76 bits per heavy atom. The monoisotopic (exact) mass is 501 g/mol. The topological polar surface area (TPSA) is 40.6 Å². The smallest absolute Gasteiger partial charge is 0.387 e. The van der Waals surface area contributed by atoms with E-state index in [1.165, 1.54) is 6.20 Å². The van der Waals surface area contributed by atoms with Crippen LogP contribution >= 0.6 is 0 Å². The van der Waals surface area contributed by atoms with Crippen molar-refractivity contribution in [3.8, 4) is 11.5 Å². The first-order chi connectivity index (χ1) is 18.1. The van der Waals surface area contributed by atoms with E-state index in [4.69, 9.17) is 14.2 Å². The Bertz CT molecular complexity index is 1170. The molecule has 1 aliphatic rings. The van der Waals surface area contributed by atoms with Gasteiger partial charge in [-0.15, -0.1) is 0 Å². The predicted octanol–water partition coefficient (Wildman–Crippen LogP) is 7.51. The highest BCUT2D eigenvalue weighted by atomic mass is 19.3. The molecule has 4 nitrogen and oxygen atoms in total. The molecular formula is C31H29F2NO3. The lowest BCUT2D eigenvalue weighted by atomic mass is 9.80. The molecule has 0 unspecified atom stereocenters. The molecule has 0 atom stereocenters. The van der Waals surface area contributed by atoms with Gasteiger partial charge in [-0.3, -0.25) is 4.98 Å². The van der Waals surface area contributed by atoms with Gasteiger partial charge in [0.15, 0.2) is 11.5 Å². The Kier molecular flexibility index (Phi) is 7.76. The average molecular weight is 502 g/mol. The van der Waals surface area contributed by atoms with Crippen molar-refractivity contribution in [3.63, 3.8) is 0 Å². The van der Waals surface area contributed by atoms with Crippen molar-refractivity contribution >= 4 is 0 Å². The number of benzene rings is 3. The number of nitrogens with zero attached hydrogens (tertiary/aromatic N) is 1. The largest absolute Gasteiger partial charge is 0.486 e. The Balaban J connectivity index is 1.53. The molecule has 1 aromatic heterocycles. The molecule has 0 spiro atoms. The quantitative estimate of drug-likeness (QED) is 0.211. The number of hydrogen-bond acceptors (Lipinski definition) is 4. The minimum absolute atomic E-state index is 0.0202. The van der Waals surface area contributed by atoms with Crippen LogP contribution in [0.2, 0.25) is 0 Å². The van der Waals surface area contributed by atoms with Crippen molar-refractivity contribution in [1.82, 2.24) is 4.98 Å². The van der Waals surface area contributed by atoms with Gasteiger partial charge in [-0.25, -0.2) is 0 Å². The highest BCUT2D eigenvalue weighted by Crippen LogP contribution is 2.41. The second-order valence-corrected chi connectivity index (χ2v) is 9.09. The first-order valence-electron chi connectivity index (χ1n) is 12.6. The highest BCUT2D eigenvalue weighted by molar-refractivity contribution is 5.47. The van der Waals surface area contributed by atoms with Gasteiger partial charge in [0.1, 0.15) is 5.60 Å². The van der Waals surface area contributed by atoms with Gasteiger partial charge >= 0.3 is 6.61 Å². The highest BCUT2D eigenvalue weighted by Gasteiger charge is 2.37. The fourth-order valence-corrected chi connectivity index (χ4v) is 4.96. The van der Waals surface area contributed by atoms with E-state index < -0.39 is 12.2 Å². The van der Waals surface area contributed by atoms with Gasteiger partial charge in [-0.05, 0) is 42.4 Å². The van der Waals surface area contributed by atoms with Crippen molar-refractivity contribution in [3.05, 3.63) is 126 Å². The summed E-state index contributed by atoms with van der Waals surface area (Å²) in [7, 11) is 0. The molecule has 1 saturated carbocycles. The molecule has 0 bridgehead atoms. The molecular weight excluding hydrogens is 472 g/mol. The summed E-state index contributed by atoms with van der Waals surface area (Å²) < 4.78 is 43.7. The maximum absolute atomic E-state index is 13.1. The lowest BCUT2D eigenvalue weighted by Crippen LogP contribution is -2.33. The maximum atomic E-state index is 13.1. The van der Waals surface area contributed by atoms with Gasteiger partial charge in [-0.2, -0.15) is 8.78 Å². The van der Waals surface area contributed by atoms with E-state index in [0.29, 0.717) is 5.69 Å². The van der Waals surface area contributed by atoms with Crippen LogP contribution in [0, 0.1) is 0 Å². The van der Waals surface area contributed by atoms with Crippen molar-refractivity contribution in [2.24, 2.45) is 0 Å². The van der Waals surface area contributed by atoms with E-state index in [2.05, 4.69) is 4.98 Å². The molecule has 0 aliphatic heterocycles. The summed E-state index contributed by atoms with van der Waals surface area (Å²) in [6.45, 7) is -2.84. The Hall–Kier alpha value is -3.77. The first kappa shape index (κ1) is 24.9. The minimum atomic E-state index is -2.96. The summed E-state index contributed by atoms with van der Waals surface area (Å²) in [5.74, 6) is 0.205. The van der Waals surface area contributed by atoms with E-state index in [9.17, 15) is 8.78 Å². The summed E-state index contributed by atoms with van der Waals surface area (Å²) >= 11 is 0.